The van der Waals surface area contributed by atoms with E-state index in [1.165, 1.54) is 23.1 Å². The Hall–Kier alpha value is -3.39. The summed E-state index contributed by atoms with van der Waals surface area (Å²) in [6, 6.07) is 11.6. The van der Waals surface area contributed by atoms with Crippen molar-refractivity contribution in [1.29, 1.82) is 0 Å². The summed E-state index contributed by atoms with van der Waals surface area (Å²) < 4.78 is 21.3. The van der Waals surface area contributed by atoms with E-state index in [2.05, 4.69) is 0 Å². The summed E-state index contributed by atoms with van der Waals surface area (Å²) in [5.41, 5.74) is 0.711. The van der Waals surface area contributed by atoms with Crippen LogP contribution in [0.4, 0.5) is 0 Å². The summed E-state index contributed by atoms with van der Waals surface area (Å²) in [7, 11) is 1.56. The second-order valence-corrected chi connectivity index (χ2v) is 7.17. The highest BCUT2D eigenvalue weighted by atomic mass is 16.6. The average Bonchev–Trinajstić information content (AvgIpc) is 3.05. The third kappa shape index (κ3) is 5.64. The highest BCUT2D eigenvalue weighted by Gasteiger charge is 2.35. The first-order valence-electron chi connectivity index (χ1n) is 10.6. The molecule has 2 aromatic rings. The van der Waals surface area contributed by atoms with E-state index in [4.69, 9.17) is 18.9 Å². The Kier molecular flexibility index (Phi) is 8.21. The minimum absolute atomic E-state index is 0.0417. The van der Waals surface area contributed by atoms with Gasteiger partial charge in [-0.3, -0.25) is 14.5 Å². The van der Waals surface area contributed by atoms with E-state index in [0.717, 1.165) is 12.2 Å². The zero-order chi connectivity index (χ0) is 22.9. The molecular weight excluding hydrogens is 414 g/mol. The summed E-state index contributed by atoms with van der Waals surface area (Å²) in [6.07, 6.45) is 1.48. The minimum Gasteiger partial charge on any atom is -0.494 e. The number of benzene rings is 2. The maximum Gasteiger partial charge on any atom is 0.338 e. The van der Waals surface area contributed by atoms with E-state index in [0.29, 0.717) is 30.9 Å². The number of carbonyl (C=O) groups excluding carboxylic acids is 3. The molecule has 3 rings (SSSR count). The molecular formula is C24H27NO7. The molecule has 0 unspecified atom stereocenters. The zero-order valence-corrected chi connectivity index (χ0v) is 18.3. The van der Waals surface area contributed by atoms with E-state index >= 15 is 0 Å². The number of carbonyl (C=O) groups is 3. The average molecular weight is 441 g/mol. The van der Waals surface area contributed by atoms with Crippen LogP contribution in [0.1, 0.15) is 50.8 Å². The fourth-order valence-electron chi connectivity index (χ4n) is 3.22. The number of methoxy groups -OCH3 is 1. The predicted octanol–water partition coefficient (Wildman–Crippen LogP) is 3.34. The van der Waals surface area contributed by atoms with Crippen molar-refractivity contribution in [2.24, 2.45) is 0 Å². The molecule has 2 aromatic carbocycles. The molecule has 0 spiro atoms. The van der Waals surface area contributed by atoms with Gasteiger partial charge in [0.1, 0.15) is 24.7 Å². The first kappa shape index (κ1) is 23.3. The highest BCUT2D eigenvalue weighted by molar-refractivity contribution is 6.21. The van der Waals surface area contributed by atoms with Crippen LogP contribution in [0.5, 0.6) is 11.5 Å². The molecule has 0 aromatic heterocycles. The van der Waals surface area contributed by atoms with Crippen molar-refractivity contribution in [3.8, 4) is 11.5 Å². The van der Waals surface area contributed by atoms with Gasteiger partial charge in [0, 0.05) is 20.3 Å². The van der Waals surface area contributed by atoms with Gasteiger partial charge in [0.15, 0.2) is 0 Å². The largest absolute Gasteiger partial charge is 0.494 e. The van der Waals surface area contributed by atoms with Crippen molar-refractivity contribution in [3.63, 3.8) is 0 Å². The summed E-state index contributed by atoms with van der Waals surface area (Å²) in [5.74, 6) is 0.0522. The number of rotatable bonds is 12. The molecule has 0 fully saturated rings. The lowest BCUT2D eigenvalue weighted by molar-refractivity contribution is 0.0450. The van der Waals surface area contributed by atoms with E-state index in [1.54, 1.807) is 19.2 Å². The van der Waals surface area contributed by atoms with Crippen molar-refractivity contribution in [2.75, 3.05) is 40.1 Å². The summed E-state index contributed by atoms with van der Waals surface area (Å²) in [5, 5.41) is 0. The van der Waals surface area contributed by atoms with Gasteiger partial charge in [-0.05, 0) is 55.3 Å². The Morgan fingerprint density at radius 3 is 2.16 bits per heavy atom. The summed E-state index contributed by atoms with van der Waals surface area (Å²) >= 11 is 0. The van der Waals surface area contributed by atoms with Crippen LogP contribution in [-0.4, -0.2) is 62.8 Å². The van der Waals surface area contributed by atoms with Crippen LogP contribution in [0, 0.1) is 0 Å². The molecule has 8 nitrogen and oxygen atoms in total. The summed E-state index contributed by atoms with van der Waals surface area (Å²) in [4.78, 5) is 38.5. The van der Waals surface area contributed by atoms with Crippen molar-refractivity contribution < 1.29 is 33.3 Å². The van der Waals surface area contributed by atoms with Gasteiger partial charge >= 0.3 is 5.97 Å². The van der Waals surface area contributed by atoms with Crippen molar-refractivity contribution in [3.05, 3.63) is 59.2 Å². The number of ether oxygens (including phenoxy) is 4. The number of fused-ring (bicyclic) bond motifs is 1. The van der Waals surface area contributed by atoms with E-state index in [-0.39, 0.29) is 36.8 Å². The van der Waals surface area contributed by atoms with E-state index < -0.39 is 11.9 Å². The molecule has 0 saturated heterocycles. The Bertz CT molecular complexity index is 955. The molecule has 1 aliphatic heterocycles. The Morgan fingerprint density at radius 1 is 0.844 bits per heavy atom. The SMILES string of the molecule is CCCOc1ccc(OCCOC(=O)c2ccc3c(c2)C(=O)N(CCCOC)C3=O)cc1. The smallest absolute Gasteiger partial charge is 0.338 e. The molecule has 0 aliphatic carbocycles. The number of hydrogen-bond donors (Lipinski definition) is 0. The number of imide groups is 1. The van der Waals surface area contributed by atoms with Crippen LogP contribution >= 0.6 is 0 Å². The molecule has 1 heterocycles. The second-order valence-electron chi connectivity index (χ2n) is 7.17. The maximum atomic E-state index is 12.6. The van der Waals surface area contributed by atoms with Gasteiger partial charge in [-0.25, -0.2) is 4.79 Å². The quantitative estimate of drug-likeness (QED) is 0.283. The molecule has 1 aliphatic rings. The van der Waals surface area contributed by atoms with Crippen molar-refractivity contribution in [1.82, 2.24) is 4.90 Å². The third-order valence-electron chi connectivity index (χ3n) is 4.82. The number of esters is 1. The van der Waals surface area contributed by atoms with Crippen molar-refractivity contribution >= 4 is 17.8 Å². The third-order valence-corrected chi connectivity index (χ3v) is 4.82. The van der Waals surface area contributed by atoms with Gasteiger partial charge in [-0.15, -0.1) is 0 Å². The lowest BCUT2D eigenvalue weighted by Gasteiger charge is -2.12. The standard InChI is InChI=1S/C24H27NO7/c1-3-12-30-18-6-8-19(9-7-18)31-14-15-32-24(28)17-5-10-20-21(16-17)23(27)25(22(20)26)11-4-13-29-2/h5-10,16H,3-4,11-15H2,1-2H3. The van der Waals surface area contributed by atoms with E-state index in [1.807, 2.05) is 19.1 Å². The number of hydrogen-bond acceptors (Lipinski definition) is 7. The normalized spacial score (nSPS) is 12.6. The topological polar surface area (TPSA) is 91.4 Å². The fraction of sp³-hybridized carbons (Fsp3) is 0.375. The molecule has 8 heteroatoms. The van der Waals surface area contributed by atoms with Gasteiger partial charge in [0.2, 0.25) is 0 Å². The molecule has 0 N–H and O–H groups in total. The molecule has 0 saturated carbocycles. The maximum absolute atomic E-state index is 12.6. The Morgan fingerprint density at radius 2 is 1.50 bits per heavy atom. The molecule has 0 bridgehead atoms. The lowest BCUT2D eigenvalue weighted by atomic mass is 10.1. The Balaban J connectivity index is 1.49. The van der Waals surface area contributed by atoms with Gasteiger partial charge < -0.3 is 18.9 Å². The van der Waals surface area contributed by atoms with E-state index in [9.17, 15) is 14.4 Å². The predicted molar refractivity (Wildman–Crippen MR) is 116 cm³/mol. The van der Waals surface area contributed by atoms with Gasteiger partial charge in [-0.1, -0.05) is 6.92 Å². The second kappa shape index (κ2) is 11.3. The Labute approximate surface area is 187 Å². The number of amides is 2. The zero-order valence-electron chi connectivity index (χ0n) is 18.3. The van der Waals surface area contributed by atoms with Gasteiger partial charge in [0.05, 0.1) is 23.3 Å². The van der Waals surface area contributed by atoms with Gasteiger partial charge in [-0.2, -0.15) is 0 Å². The molecule has 0 radical (unpaired) electrons. The van der Waals surface area contributed by atoms with Crippen LogP contribution in [-0.2, 0) is 9.47 Å². The molecule has 0 atom stereocenters. The highest BCUT2D eigenvalue weighted by Crippen LogP contribution is 2.24. The lowest BCUT2D eigenvalue weighted by Crippen LogP contribution is -2.31. The summed E-state index contributed by atoms with van der Waals surface area (Å²) in [6.45, 7) is 3.63. The van der Waals surface area contributed by atoms with Crippen LogP contribution < -0.4 is 9.47 Å². The first-order chi connectivity index (χ1) is 15.5. The molecule has 170 valence electrons. The fourth-order valence-corrected chi connectivity index (χ4v) is 3.22. The van der Waals surface area contributed by atoms with Crippen LogP contribution in [0.25, 0.3) is 0 Å². The van der Waals surface area contributed by atoms with Crippen LogP contribution in [0.2, 0.25) is 0 Å². The van der Waals surface area contributed by atoms with Crippen LogP contribution in [0.3, 0.4) is 0 Å². The molecule has 2 amide bonds. The minimum atomic E-state index is -0.585. The first-order valence-corrected chi connectivity index (χ1v) is 10.6. The monoisotopic (exact) mass is 441 g/mol. The van der Waals surface area contributed by atoms with Crippen molar-refractivity contribution in [2.45, 2.75) is 19.8 Å². The van der Waals surface area contributed by atoms with Gasteiger partial charge in [0.25, 0.3) is 11.8 Å². The van der Waals surface area contributed by atoms with Crippen LogP contribution in [0.15, 0.2) is 42.5 Å². The number of nitrogens with zero attached hydrogens (tertiary/aromatic N) is 1. The molecule has 32 heavy (non-hydrogen) atoms.